The number of hydrogen-bond donors (Lipinski definition) is 1. The van der Waals surface area contributed by atoms with E-state index in [4.69, 9.17) is 9.94 Å². The third kappa shape index (κ3) is 4.99. The Morgan fingerprint density at radius 1 is 0.947 bits per heavy atom. The van der Waals surface area contributed by atoms with Gasteiger partial charge in [0.15, 0.2) is 5.69 Å². The number of aliphatic carboxylic acids is 1. The van der Waals surface area contributed by atoms with Crippen LogP contribution in [0.2, 0.25) is 0 Å². The Hall–Kier alpha value is -2.74. The molecule has 0 radical (unpaired) electrons. The normalized spacial score (nSPS) is 32.1. The lowest BCUT2D eigenvalue weighted by Crippen LogP contribution is -2.58. The standard InChI is InChI=1S/C30H40N4O4/c1-19(32-38-18-28(35)36)29-30(37)34(27-12-5-4-11-26(27)31-29)25-16-22-9-6-10-23(17-25)33(22)24-14-20-7-2-3-8-21(13-20)15-24/h4-5,11-12,20-25H,2-3,6-10,13-18H2,1H3,(H,35,36)/t20?,21?,22-,23+,24?,25?. The first-order valence-electron chi connectivity index (χ1n) is 14.7. The van der Waals surface area contributed by atoms with E-state index in [1.165, 1.54) is 64.2 Å². The van der Waals surface area contributed by atoms with Crippen LogP contribution in [0.4, 0.5) is 0 Å². The predicted octanol–water partition coefficient (Wildman–Crippen LogP) is 5.14. The lowest BCUT2D eigenvalue weighted by Gasteiger charge is -2.54. The topological polar surface area (TPSA) is 97.0 Å². The van der Waals surface area contributed by atoms with Crippen LogP contribution in [-0.4, -0.2) is 56.0 Å². The molecule has 8 heteroatoms. The van der Waals surface area contributed by atoms with Crippen LogP contribution < -0.4 is 5.56 Å². The van der Waals surface area contributed by atoms with E-state index in [-0.39, 0.29) is 17.3 Å². The summed E-state index contributed by atoms with van der Waals surface area (Å²) in [5.41, 5.74) is 1.99. The fourth-order valence-electron chi connectivity index (χ4n) is 8.29. The maximum Gasteiger partial charge on any atom is 0.344 e. The number of fused-ring (bicyclic) bond motifs is 5. The molecule has 5 atom stereocenters. The molecule has 0 amide bonds. The Morgan fingerprint density at radius 2 is 1.63 bits per heavy atom. The molecule has 2 aromatic rings. The van der Waals surface area contributed by atoms with Crippen molar-refractivity contribution in [3.63, 3.8) is 0 Å². The first-order valence-corrected chi connectivity index (χ1v) is 14.7. The quantitative estimate of drug-likeness (QED) is 0.419. The van der Waals surface area contributed by atoms with Crippen LogP contribution in [0.1, 0.15) is 95.7 Å². The Kier molecular flexibility index (Phi) is 7.25. The van der Waals surface area contributed by atoms with Crippen LogP contribution in [0.25, 0.3) is 11.0 Å². The number of hydrogen-bond acceptors (Lipinski definition) is 6. The lowest BCUT2D eigenvalue weighted by atomic mass is 9.73. The zero-order chi connectivity index (χ0) is 26.2. The van der Waals surface area contributed by atoms with Gasteiger partial charge in [0.05, 0.1) is 11.0 Å². The van der Waals surface area contributed by atoms with Gasteiger partial charge in [-0.2, -0.15) is 0 Å². The molecule has 2 aliphatic heterocycles. The maximum atomic E-state index is 13.9. The van der Waals surface area contributed by atoms with Crippen LogP contribution >= 0.6 is 0 Å². The van der Waals surface area contributed by atoms with Crippen molar-refractivity contribution in [1.29, 1.82) is 0 Å². The van der Waals surface area contributed by atoms with Crippen LogP contribution in [0.15, 0.2) is 34.2 Å². The number of oxime groups is 1. The maximum absolute atomic E-state index is 13.9. The minimum atomic E-state index is -1.11. The molecular weight excluding hydrogens is 480 g/mol. The summed E-state index contributed by atoms with van der Waals surface area (Å²) >= 11 is 0. The van der Waals surface area contributed by atoms with Crippen molar-refractivity contribution in [3.05, 3.63) is 40.3 Å². The minimum absolute atomic E-state index is 0.110. The molecule has 4 bridgehead atoms. The molecule has 8 nitrogen and oxygen atoms in total. The van der Waals surface area contributed by atoms with E-state index in [9.17, 15) is 9.59 Å². The summed E-state index contributed by atoms with van der Waals surface area (Å²) in [6.45, 7) is 1.11. The fourth-order valence-corrected chi connectivity index (χ4v) is 8.29. The first kappa shape index (κ1) is 25.5. The third-order valence-electron chi connectivity index (χ3n) is 9.67. The predicted molar refractivity (Wildman–Crippen MR) is 146 cm³/mol. The van der Waals surface area contributed by atoms with Gasteiger partial charge in [0.25, 0.3) is 5.56 Å². The zero-order valence-electron chi connectivity index (χ0n) is 22.4. The highest BCUT2D eigenvalue weighted by atomic mass is 16.6. The number of para-hydroxylation sites is 2. The number of aromatic nitrogens is 2. The number of carboxylic acids is 1. The molecule has 3 unspecified atom stereocenters. The fraction of sp³-hybridized carbons (Fsp3) is 0.667. The molecule has 6 rings (SSSR count). The second-order valence-corrected chi connectivity index (χ2v) is 12.2. The average molecular weight is 521 g/mol. The van der Waals surface area contributed by atoms with Crippen molar-refractivity contribution in [3.8, 4) is 0 Å². The van der Waals surface area contributed by atoms with Gasteiger partial charge in [-0.15, -0.1) is 0 Å². The van der Waals surface area contributed by atoms with E-state index in [0.717, 1.165) is 35.7 Å². The molecule has 2 aliphatic carbocycles. The molecule has 4 aliphatic rings. The van der Waals surface area contributed by atoms with Gasteiger partial charge in [-0.05, 0) is 75.8 Å². The van der Waals surface area contributed by atoms with E-state index in [2.05, 4.69) is 15.0 Å². The summed E-state index contributed by atoms with van der Waals surface area (Å²) in [7, 11) is 0. The summed E-state index contributed by atoms with van der Waals surface area (Å²) in [5, 5.41) is 12.8. The van der Waals surface area contributed by atoms with Gasteiger partial charge in [0.1, 0.15) is 5.71 Å². The second-order valence-electron chi connectivity index (χ2n) is 12.2. The molecule has 1 N–H and O–H groups in total. The molecule has 4 fully saturated rings. The second kappa shape index (κ2) is 10.8. The smallest absolute Gasteiger partial charge is 0.344 e. The average Bonchev–Trinajstić information content (AvgIpc) is 3.06. The molecule has 1 aromatic carbocycles. The highest BCUT2D eigenvalue weighted by molar-refractivity contribution is 5.97. The lowest BCUT2D eigenvalue weighted by molar-refractivity contribution is -0.142. The Bertz CT molecular complexity index is 1240. The number of nitrogens with zero attached hydrogens (tertiary/aromatic N) is 4. The van der Waals surface area contributed by atoms with Crippen LogP contribution in [0, 0.1) is 11.8 Å². The zero-order valence-corrected chi connectivity index (χ0v) is 22.4. The van der Waals surface area contributed by atoms with Gasteiger partial charge in [-0.1, -0.05) is 49.4 Å². The Balaban J connectivity index is 1.31. The first-order chi connectivity index (χ1) is 18.5. The van der Waals surface area contributed by atoms with Gasteiger partial charge >= 0.3 is 5.97 Å². The number of piperidine rings is 2. The van der Waals surface area contributed by atoms with Crippen molar-refractivity contribution in [1.82, 2.24) is 14.5 Å². The minimum Gasteiger partial charge on any atom is -0.479 e. The van der Waals surface area contributed by atoms with Gasteiger partial charge < -0.3 is 14.5 Å². The summed E-state index contributed by atoms with van der Waals surface area (Å²) in [6.07, 6.45) is 15.5. The van der Waals surface area contributed by atoms with Crippen LogP contribution in [0.3, 0.4) is 0 Å². The van der Waals surface area contributed by atoms with E-state index in [0.29, 0.717) is 23.8 Å². The van der Waals surface area contributed by atoms with Crippen molar-refractivity contribution >= 4 is 22.7 Å². The molecule has 3 heterocycles. The van der Waals surface area contributed by atoms with Crippen molar-refractivity contribution in [2.24, 2.45) is 17.0 Å². The number of rotatable bonds is 6. The number of benzene rings is 1. The third-order valence-corrected chi connectivity index (χ3v) is 9.67. The van der Waals surface area contributed by atoms with Crippen molar-refractivity contribution in [2.45, 2.75) is 108 Å². The molecule has 2 saturated heterocycles. The van der Waals surface area contributed by atoms with Gasteiger partial charge in [-0.3, -0.25) is 9.69 Å². The van der Waals surface area contributed by atoms with E-state index < -0.39 is 12.6 Å². The molecule has 2 saturated carbocycles. The molecule has 204 valence electrons. The van der Waals surface area contributed by atoms with Crippen molar-refractivity contribution in [2.75, 3.05) is 6.61 Å². The molecule has 0 spiro atoms. The van der Waals surface area contributed by atoms with Gasteiger partial charge in [0, 0.05) is 24.2 Å². The summed E-state index contributed by atoms with van der Waals surface area (Å²) in [4.78, 5) is 37.3. The monoisotopic (exact) mass is 520 g/mol. The Labute approximate surface area is 224 Å². The van der Waals surface area contributed by atoms with E-state index >= 15 is 0 Å². The molecular formula is C30H40N4O4. The summed E-state index contributed by atoms with van der Waals surface area (Å²) in [6, 6.07) is 9.68. The van der Waals surface area contributed by atoms with Crippen LogP contribution in [0.5, 0.6) is 0 Å². The van der Waals surface area contributed by atoms with E-state index in [1.807, 2.05) is 28.8 Å². The van der Waals surface area contributed by atoms with Gasteiger partial charge in [0.2, 0.25) is 6.61 Å². The Morgan fingerprint density at radius 3 is 2.32 bits per heavy atom. The number of carbonyl (C=O) groups is 1. The summed E-state index contributed by atoms with van der Waals surface area (Å²) in [5.74, 6) is 0.695. The largest absolute Gasteiger partial charge is 0.479 e. The van der Waals surface area contributed by atoms with E-state index in [1.54, 1.807) is 6.92 Å². The highest BCUT2D eigenvalue weighted by Crippen LogP contribution is 2.46. The number of carboxylic acid groups (broad SMARTS) is 1. The molecule has 38 heavy (non-hydrogen) atoms. The van der Waals surface area contributed by atoms with Crippen molar-refractivity contribution < 1.29 is 14.7 Å². The van der Waals surface area contributed by atoms with Gasteiger partial charge in [-0.25, -0.2) is 9.78 Å². The highest BCUT2D eigenvalue weighted by Gasteiger charge is 2.45. The summed E-state index contributed by atoms with van der Waals surface area (Å²) < 4.78 is 1.97. The molecule has 1 aromatic heterocycles. The van der Waals surface area contributed by atoms with Crippen LogP contribution in [-0.2, 0) is 9.63 Å². The SMILES string of the molecule is CC(=NOCC(=O)O)c1nc2ccccc2n(C2C[C@H]3CCC[C@@H](C2)N3C2CC3CCCCC(C3)C2)c1=O.